The summed E-state index contributed by atoms with van der Waals surface area (Å²) in [5.41, 5.74) is 2.46. The predicted octanol–water partition coefficient (Wildman–Crippen LogP) is 4.57. The first-order valence-corrected chi connectivity index (χ1v) is 18.8. The van der Waals surface area contributed by atoms with Gasteiger partial charge in [0.1, 0.15) is 29.4 Å². The van der Waals surface area contributed by atoms with Gasteiger partial charge in [-0.15, -0.1) is 0 Å². The number of benzene rings is 1. The Hall–Kier alpha value is -5.85. The second-order valence-electron chi connectivity index (χ2n) is 15.3. The Kier molecular flexibility index (Phi) is 13.1. The molecule has 16 heteroatoms. The largest absolute Gasteiger partial charge is 0.465 e. The van der Waals surface area contributed by atoms with E-state index in [9.17, 15) is 24.0 Å². The third-order valence-corrected chi connectivity index (χ3v) is 10.3. The summed E-state index contributed by atoms with van der Waals surface area (Å²) in [6, 6.07) is 3.01. The summed E-state index contributed by atoms with van der Waals surface area (Å²) < 4.78 is 14.6. The van der Waals surface area contributed by atoms with Gasteiger partial charge < -0.3 is 44.6 Å². The number of hydrogen-bond donors (Lipinski definition) is 4. The van der Waals surface area contributed by atoms with Gasteiger partial charge in [0.2, 0.25) is 11.8 Å². The molecule has 0 unspecified atom stereocenters. The van der Waals surface area contributed by atoms with Crippen LogP contribution in [0.3, 0.4) is 0 Å². The number of nitrogens with zero attached hydrogens (tertiary/aromatic N) is 4. The van der Waals surface area contributed by atoms with Crippen LogP contribution in [0, 0.1) is 35.5 Å². The van der Waals surface area contributed by atoms with Crippen LogP contribution in [-0.2, 0) is 23.8 Å². The fraction of sp³-hybridized carbons (Fsp3) is 0.525. The van der Waals surface area contributed by atoms with Crippen molar-refractivity contribution in [2.75, 3.05) is 34.4 Å². The number of ether oxygens (including phenoxy) is 3. The van der Waals surface area contributed by atoms with Crippen molar-refractivity contribution in [1.82, 2.24) is 40.4 Å². The van der Waals surface area contributed by atoms with E-state index in [2.05, 4.69) is 56.3 Å². The first-order chi connectivity index (χ1) is 26.6. The van der Waals surface area contributed by atoms with E-state index in [0.717, 1.165) is 0 Å². The van der Waals surface area contributed by atoms with E-state index >= 15 is 0 Å². The number of aromatic amines is 2. The molecule has 1 aromatic carbocycles. The standard InChI is InChI=1S/C40H52N8O8/c1-21(2)32(45-39(52)55-8)36(49)47-19-23(5)14-30(47)34-41-17-27(43-34)13-12-25-10-11-26(16-28(25)38(51)54-7)29-18-42-35(44-29)31-15-24(6)20-48(31)37(50)33(22(3)4)46-40(53)56-9/h10-11,16-18,21-24,30-33H,14-15,19-20H2,1-9H3,(H,41,43)(H,42,44)(H,45,52)(H,46,53)/t23-,24-,30-,31-,32-,33-/m0/s1. The molecular weight excluding hydrogens is 720 g/mol. The molecule has 4 N–H and O–H groups in total. The van der Waals surface area contributed by atoms with Crippen LogP contribution < -0.4 is 10.6 Å². The maximum Gasteiger partial charge on any atom is 0.407 e. The van der Waals surface area contributed by atoms with Gasteiger partial charge in [0.25, 0.3) is 0 Å². The van der Waals surface area contributed by atoms with Gasteiger partial charge in [-0.25, -0.2) is 24.4 Å². The number of likely N-dealkylation sites (tertiary alicyclic amines) is 2. The lowest BCUT2D eigenvalue weighted by molar-refractivity contribution is -0.136. The van der Waals surface area contributed by atoms with Gasteiger partial charge in [-0.2, -0.15) is 0 Å². The molecule has 2 aliphatic heterocycles. The number of esters is 1. The van der Waals surface area contributed by atoms with Crippen LogP contribution in [-0.4, -0.2) is 106 Å². The van der Waals surface area contributed by atoms with E-state index in [1.54, 1.807) is 34.3 Å². The maximum absolute atomic E-state index is 13.7. The highest BCUT2D eigenvalue weighted by Crippen LogP contribution is 2.37. The van der Waals surface area contributed by atoms with Crippen molar-refractivity contribution in [3.8, 4) is 23.1 Å². The SMILES string of the molecule is COC(=O)N[C@H](C(=O)N1C[C@@H](C)C[C@H]1c1ncc(C#Cc2ccc(-c3cnc([C@@H]4C[C@H](C)CN4C(=O)[C@@H](NC(=O)OC)C(C)C)[nH]3)cc2C(=O)OC)[nH]1)C(C)C. The molecule has 6 atom stereocenters. The average molecular weight is 773 g/mol. The molecule has 3 aromatic rings. The zero-order valence-corrected chi connectivity index (χ0v) is 33.4. The lowest BCUT2D eigenvalue weighted by Crippen LogP contribution is -2.51. The van der Waals surface area contributed by atoms with Crippen LogP contribution in [0.15, 0.2) is 30.6 Å². The average Bonchev–Trinajstić information content (AvgIpc) is 4.00. The van der Waals surface area contributed by atoms with Crippen molar-refractivity contribution < 1.29 is 38.2 Å². The van der Waals surface area contributed by atoms with Crippen molar-refractivity contribution >= 4 is 30.0 Å². The van der Waals surface area contributed by atoms with Crippen LogP contribution in [0.5, 0.6) is 0 Å². The van der Waals surface area contributed by atoms with Crippen LogP contribution in [0.25, 0.3) is 11.3 Å². The molecule has 0 bridgehead atoms. The fourth-order valence-corrected chi connectivity index (χ4v) is 7.31. The van der Waals surface area contributed by atoms with Crippen molar-refractivity contribution in [2.45, 2.75) is 78.6 Å². The molecule has 2 aliphatic rings. The van der Waals surface area contributed by atoms with E-state index in [1.165, 1.54) is 21.3 Å². The van der Waals surface area contributed by atoms with Gasteiger partial charge in [0, 0.05) is 24.2 Å². The topological polar surface area (TPSA) is 201 Å². The molecule has 4 amide bonds. The van der Waals surface area contributed by atoms with E-state index < -0.39 is 30.2 Å². The zero-order valence-electron chi connectivity index (χ0n) is 33.4. The Morgan fingerprint density at radius 3 is 1.77 bits per heavy atom. The molecule has 16 nitrogen and oxygen atoms in total. The minimum atomic E-state index is -0.765. The van der Waals surface area contributed by atoms with Gasteiger partial charge in [0.15, 0.2) is 0 Å². The molecule has 300 valence electrons. The lowest BCUT2D eigenvalue weighted by atomic mass is 10.0. The summed E-state index contributed by atoms with van der Waals surface area (Å²) in [7, 11) is 3.82. The number of carbonyl (C=O) groups excluding carboxylic acids is 5. The third-order valence-electron chi connectivity index (χ3n) is 10.3. The molecule has 0 aliphatic carbocycles. The first-order valence-electron chi connectivity index (χ1n) is 18.8. The molecule has 5 rings (SSSR count). The van der Waals surface area contributed by atoms with Crippen molar-refractivity contribution in [3.63, 3.8) is 0 Å². The maximum atomic E-state index is 13.7. The number of amides is 4. The summed E-state index contributed by atoms with van der Waals surface area (Å²) >= 11 is 0. The molecule has 0 radical (unpaired) electrons. The minimum absolute atomic E-state index is 0.167. The molecule has 2 aromatic heterocycles. The Balaban J connectivity index is 1.36. The highest BCUT2D eigenvalue weighted by Gasteiger charge is 2.41. The van der Waals surface area contributed by atoms with E-state index in [1.807, 2.05) is 33.8 Å². The predicted molar refractivity (Wildman–Crippen MR) is 205 cm³/mol. The number of rotatable bonds is 10. The Labute approximate surface area is 326 Å². The van der Waals surface area contributed by atoms with Crippen molar-refractivity contribution in [1.29, 1.82) is 0 Å². The molecule has 2 fully saturated rings. The monoisotopic (exact) mass is 772 g/mol. The summed E-state index contributed by atoms with van der Waals surface area (Å²) in [4.78, 5) is 83.7. The Bertz CT molecular complexity index is 1990. The van der Waals surface area contributed by atoms with Gasteiger partial charge in [-0.1, -0.05) is 53.5 Å². The molecule has 56 heavy (non-hydrogen) atoms. The summed E-state index contributed by atoms with van der Waals surface area (Å²) in [5.74, 6) is 6.36. The highest BCUT2D eigenvalue weighted by molar-refractivity contribution is 5.94. The van der Waals surface area contributed by atoms with Crippen molar-refractivity contribution in [3.05, 3.63) is 59.1 Å². The molecule has 0 spiro atoms. The van der Waals surface area contributed by atoms with Crippen LogP contribution in [0.1, 0.15) is 99.7 Å². The number of hydrogen-bond acceptors (Lipinski definition) is 10. The second-order valence-corrected chi connectivity index (χ2v) is 15.3. The Morgan fingerprint density at radius 1 is 0.750 bits per heavy atom. The van der Waals surface area contributed by atoms with Crippen LogP contribution in [0.2, 0.25) is 0 Å². The van der Waals surface area contributed by atoms with E-state index in [4.69, 9.17) is 14.2 Å². The molecule has 2 saturated heterocycles. The van der Waals surface area contributed by atoms with Gasteiger partial charge in [0.05, 0.1) is 57.1 Å². The van der Waals surface area contributed by atoms with E-state index in [0.29, 0.717) is 60.1 Å². The molecular formula is C40H52N8O8. The Morgan fingerprint density at radius 2 is 1.27 bits per heavy atom. The number of alkyl carbamates (subject to hydrolysis) is 2. The minimum Gasteiger partial charge on any atom is -0.465 e. The fourth-order valence-electron chi connectivity index (χ4n) is 7.31. The highest BCUT2D eigenvalue weighted by atomic mass is 16.5. The number of imidazole rings is 2. The molecule has 0 saturated carbocycles. The number of aromatic nitrogens is 4. The smallest absolute Gasteiger partial charge is 0.407 e. The lowest BCUT2D eigenvalue weighted by Gasteiger charge is -2.30. The summed E-state index contributed by atoms with van der Waals surface area (Å²) in [6.07, 6.45) is 3.27. The van der Waals surface area contributed by atoms with Gasteiger partial charge in [-0.05, 0) is 54.6 Å². The van der Waals surface area contributed by atoms with Gasteiger partial charge >= 0.3 is 18.2 Å². The first kappa shape index (κ1) is 41.3. The van der Waals surface area contributed by atoms with Crippen molar-refractivity contribution in [2.24, 2.45) is 23.7 Å². The molecule has 4 heterocycles. The summed E-state index contributed by atoms with van der Waals surface area (Å²) in [5, 5.41) is 5.34. The number of carbonyl (C=O) groups is 5. The quantitative estimate of drug-likeness (QED) is 0.129. The second kappa shape index (κ2) is 17.7. The zero-order chi connectivity index (χ0) is 40.8. The number of H-pyrrole nitrogens is 2. The number of nitrogens with one attached hydrogen (secondary N) is 4. The third kappa shape index (κ3) is 9.15. The van der Waals surface area contributed by atoms with E-state index in [-0.39, 0.29) is 53.1 Å². The summed E-state index contributed by atoms with van der Waals surface area (Å²) in [6.45, 7) is 12.6. The number of methoxy groups -OCH3 is 3. The van der Waals surface area contributed by atoms with Crippen LogP contribution >= 0.6 is 0 Å². The normalized spacial score (nSPS) is 20.3. The van der Waals surface area contributed by atoms with Gasteiger partial charge in [-0.3, -0.25) is 9.59 Å². The van der Waals surface area contributed by atoms with Crippen LogP contribution in [0.4, 0.5) is 9.59 Å².